The summed E-state index contributed by atoms with van der Waals surface area (Å²) in [6.07, 6.45) is 8.58. The van der Waals surface area contributed by atoms with Crippen molar-refractivity contribution in [3.8, 4) is 0 Å². The number of amides is 1. The molecule has 1 N–H and O–H groups in total. The number of unbranched alkanes of at least 4 members (excludes halogenated alkanes) is 4. The van der Waals surface area contributed by atoms with Crippen molar-refractivity contribution in [1.29, 1.82) is 0 Å². The maximum atomic E-state index is 13.2. The average Bonchev–Trinajstić information content (AvgIpc) is 2.86. The first-order valence-electron chi connectivity index (χ1n) is 12.4. The number of nitrogens with one attached hydrogen (secondary N) is 1. The van der Waals surface area contributed by atoms with Crippen LogP contribution in [-0.4, -0.2) is 63.1 Å². The lowest BCUT2D eigenvalue weighted by Crippen LogP contribution is -2.44. The van der Waals surface area contributed by atoms with Crippen LogP contribution >= 0.6 is 23.7 Å². The van der Waals surface area contributed by atoms with E-state index < -0.39 is 0 Å². The largest absolute Gasteiger partial charge is 0.369 e. The van der Waals surface area contributed by atoms with Gasteiger partial charge in [0.05, 0.1) is 11.3 Å². The summed E-state index contributed by atoms with van der Waals surface area (Å²) >= 11 is 3.51. The van der Waals surface area contributed by atoms with E-state index in [-0.39, 0.29) is 5.91 Å². The van der Waals surface area contributed by atoms with Gasteiger partial charge in [-0.05, 0) is 61.7 Å². The van der Waals surface area contributed by atoms with E-state index in [0.717, 1.165) is 43.3 Å². The third kappa shape index (κ3) is 7.85. The van der Waals surface area contributed by atoms with Crippen LogP contribution in [0, 0.1) is 0 Å². The van der Waals surface area contributed by atoms with E-state index in [1.165, 1.54) is 42.7 Å². The third-order valence-corrected chi connectivity index (χ3v) is 8.18. The molecule has 3 rings (SSSR count). The van der Waals surface area contributed by atoms with E-state index >= 15 is 0 Å². The van der Waals surface area contributed by atoms with Crippen molar-refractivity contribution >= 4 is 46.7 Å². The highest BCUT2D eigenvalue weighted by Crippen LogP contribution is 2.31. The minimum atomic E-state index is -0.0721. The summed E-state index contributed by atoms with van der Waals surface area (Å²) in [5, 5.41) is 3.10. The Morgan fingerprint density at radius 1 is 1.00 bits per heavy atom. The van der Waals surface area contributed by atoms with Crippen molar-refractivity contribution in [2.75, 3.05) is 66.8 Å². The predicted molar refractivity (Wildman–Crippen MR) is 152 cm³/mol. The lowest BCUT2D eigenvalue weighted by molar-refractivity contribution is 0.102. The molecule has 34 heavy (non-hydrogen) atoms. The molecule has 0 aromatic heterocycles. The number of thioether (sulfide) groups is 1. The molecule has 0 atom stereocenters. The monoisotopic (exact) mass is 500 g/mol. The Hall–Kier alpha value is -1.83. The highest BCUT2D eigenvalue weighted by Gasteiger charge is 2.19. The lowest BCUT2D eigenvalue weighted by atomic mass is 10.1. The molecule has 0 unspecified atom stereocenters. The molecule has 2 aromatic carbocycles. The minimum absolute atomic E-state index is 0.0721. The fourth-order valence-electron chi connectivity index (χ4n) is 4.06. The van der Waals surface area contributed by atoms with Gasteiger partial charge in [0.2, 0.25) is 0 Å². The van der Waals surface area contributed by atoms with E-state index in [9.17, 15) is 4.79 Å². The van der Waals surface area contributed by atoms with Gasteiger partial charge in [0, 0.05) is 55.8 Å². The quantitative estimate of drug-likeness (QED) is 0.205. The molecular weight excluding hydrogens is 460 g/mol. The van der Waals surface area contributed by atoms with Crippen LogP contribution in [0.3, 0.4) is 0 Å². The van der Waals surface area contributed by atoms with Crippen LogP contribution < -0.4 is 14.5 Å². The van der Waals surface area contributed by atoms with Gasteiger partial charge in [-0.25, -0.2) is 0 Å². The topological polar surface area (TPSA) is 38.8 Å². The first-order valence-corrected chi connectivity index (χ1v) is 14.6. The maximum Gasteiger partial charge on any atom is 0.257 e. The molecule has 1 amide bonds. The summed E-state index contributed by atoms with van der Waals surface area (Å²) in [5.74, 6) is 1.08. The molecular formula is C27H40N4OS2. The Balaban J connectivity index is 1.62. The van der Waals surface area contributed by atoms with Gasteiger partial charge >= 0.3 is 0 Å². The van der Waals surface area contributed by atoms with Crippen LogP contribution in [0.5, 0.6) is 0 Å². The molecule has 0 spiro atoms. The lowest BCUT2D eigenvalue weighted by Gasteiger charge is -2.34. The van der Waals surface area contributed by atoms with Crippen LogP contribution in [0.4, 0.5) is 17.1 Å². The number of piperazine rings is 1. The summed E-state index contributed by atoms with van der Waals surface area (Å²) < 4.78 is 2.06. The second-order valence-electron chi connectivity index (χ2n) is 8.91. The number of rotatable bonds is 12. The number of hydrogen-bond donors (Lipinski definition) is 1. The van der Waals surface area contributed by atoms with Gasteiger partial charge in [-0.3, -0.25) is 4.79 Å². The molecule has 2 aromatic rings. The van der Waals surface area contributed by atoms with E-state index in [0.29, 0.717) is 5.56 Å². The van der Waals surface area contributed by atoms with Gasteiger partial charge < -0.3 is 19.4 Å². The minimum Gasteiger partial charge on any atom is -0.369 e. The summed E-state index contributed by atoms with van der Waals surface area (Å²) in [5.41, 5.74) is 3.65. The Kier molecular flexibility index (Phi) is 10.9. The second kappa shape index (κ2) is 13.9. The zero-order valence-electron chi connectivity index (χ0n) is 21.2. The van der Waals surface area contributed by atoms with Gasteiger partial charge in [0.25, 0.3) is 5.91 Å². The van der Waals surface area contributed by atoms with Crippen LogP contribution in [-0.2, 0) is 0 Å². The molecule has 0 bridgehead atoms. The average molecular weight is 501 g/mol. The van der Waals surface area contributed by atoms with E-state index in [1.54, 1.807) is 11.9 Å². The molecule has 5 nitrogen and oxygen atoms in total. The standard InChI is InChI=1S/C27H40N4OS2/c1-5-6-7-8-9-20-34-24-13-10-22(11-14-24)28-27(32)25-15-12-23(21-26(25)30(3)33-4)31-18-16-29(2)17-19-31/h10-15,21H,5-9,16-20H2,1-4H3,(H,28,32). The number of carbonyl (C=O) groups excluding carboxylic acids is 1. The highest BCUT2D eigenvalue weighted by atomic mass is 32.2. The summed E-state index contributed by atoms with van der Waals surface area (Å²) in [6, 6.07) is 14.4. The van der Waals surface area contributed by atoms with Gasteiger partial charge in [0.1, 0.15) is 0 Å². The second-order valence-corrected chi connectivity index (χ2v) is 11.0. The number of nitrogens with zero attached hydrogens (tertiary/aromatic N) is 3. The van der Waals surface area contributed by atoms with E-state index in [2.05, 4.69) is 57.7 Å². The van der Waals surface area contributed by atoms with Crippen molar-refractivity contribution < 1.29 is 4.79 Å². The summed E-state index contributed by atoms with van der Waals surface area (Å²) in [6.45, 7) is 6.38. The first kappa shape index (κ1) is 26.8. The first-order chi connectivity index (χ1) is 16.5. The molecule has 1 saturated heterocycles. The smallest absolute Gasteiger partial charge is 0.257 e. The molecule has 7 heteroatoms. The van der Waals surface area contributed by atoms with Crippen molar-refractivity contribution in [1.82, 2.24) is 4.90 Å². The molecule has 1 aliphatic heterocycles. The third-order valence-electron chi connectivity index (χ3n) is 6.34. The van der Waals surface area contributed by atoms with E-state index in [4.69, 9.17) is 0 Å². The molecule has 0 saturated carbocycles. The van der Waals surface area contributed by atoms with Crippen LogP contribution in [0.15, 0.2) is 47.4 Å². The van der Waals surface area contributed by atoms with Crippen LogP contribution in [0.2, 0.25) is 0 Å². The Labute approximate surface area is 214 Å². The Morgan fingerprint density at radius 2 is 1.71 bits per heavy atom. The van der Waals surface area contributed by atoms with E-state index in [1.807, 2.05) is 43.3 Å². The van der Waals surface area contributed by atoms with Gasteiger partial charge in [-0.1, -0.05) is 44.6 Å². The molecule has 1 heterocycles. The van der Waals surface area contributed by atoms with Crippen molar-refractivity contribution in [3.63, 3.8) is 0 Å². The van der Waals surface area contributed by atoms with Gasteiger partial charge in [0.15, 0.2) is 0 Å². The van der Waals surface area contributed by atoms with Crippen molar-refractivity contribution in [2.45, 2.75) is 43.9 Å². The molecule has 0 aliphatic carbocycles. The fourth-order valence-corrected chi connectivity index (χ4v) is 5.32. The van der Waals surface area contributed by atoms with Crippen LogP contribution in [0.25, 0.3) is 0 Å². The summed E-state index contributed by atoms with van der Waals surface area (Å²) in [7, 11) is 4.18. The molecule has 186 valence electrons. The van der Waals surface area contributed by atoms with Crippen molar-refractivity contribution in [2.24, 2.45) is 0 Å². The van der Waals surface area contributed by atoms with Crippen LogP contribution in [0.1, 0.15) is 49.4 Å². The SMILES string of the molecule is CCCCCCCSc1ccc(NC(=O)c2ccc(N3CCN(C)CC3)cc2N(C)SC)cc1. The zero-order chi connectivity index (χ0) is 24.3. The number of anilines is 3. The van der Waals surface area contributed by atoms with Crippen molar-refractivity contribution in [3.05, 3.63) is 48.0 Å². The highest BCUT2D eigenvalue weighted by molar-refractivity contribution is 8.00. The predicted octanol–water partition coefficient (Wildman–Crippen LogP) is 6.47. The zero-order valence-corrected chi connectivity index (χ0v) is 22.8. The molecule has 1 aliphatic rings. The molecule has 1 fully saturated rings. The number of hydrogen-bond acceptors (Lipinski definition) is 6. The Bertz CT molecular complexity index is 898. The Morgan fingerprint density at radius 3 is 2.38 bits per heavy atom. The maximum absolute atomic E-state index is 13.2. The summed E-state index contributed by atoms with van der Waals surface area (Å²) in [4.78, 5) is 19.2. The fraction of sp³-hybridized carbons (Fsp3) is 0.519. The van der Waals surface area contributed by atoms with Gasteiger partial charge in [-0.15, -0.1) is 11.8 Å². The van der Waals surface area contributed by atoms with Gasteiger partial charge in [-0.2, -0.15) is 0 Å². The molecule has 0 radical (unpaired) electrons. The normalized spacial score (nSPS) is 14.3. The number of carbonyl (C=O) groups is 1. The number of likely N-dealkylation sites (N-methyl/N-ethyl adjacent to an activating group) is 1. The number of benzene rings is 2.